The lowest BCUT2D eigenvalue weighted by Crippen LogP contribution is -2.47. The Morgan fingerprint density at radius 3 is 2.79 bits per heavy atom. The molecule has 2 aliphatic rings. The normalized spacial score (nSPS) is 25.5. The number of benzene rings is 1. The lowest BCUT2D eigenvalue weighted by atomic mass is 9.65. The van der Waals surface area contributed by atoms with Crippen LogP contribution in [0.15, 0.2) is 42.7 Å². The molecule has 0 bridgehead atoms. The number of hydrogen-bond acceptors (Lipinski definition) is 4. The number of amides is 1. The van der Waals surface area contributed by atoms with Gasteiger partial charge in [-0.2, -0.15) is 0 Å². The Labute approximate surface area is 142 Å². The molecule has 24 heavy (non-hydrogen) atoms. The molecule has 5 heteroatoms. The van der Waals surface area contributed by atoms with Crippen LogP contribution in [0.25, 0.3) is 0 Å². The largest absolute Gasteiger partial charge is 0.351 e. The van der Waals surface area contributed by atoms with E-state index in [1.807, 2.05) is 42.2 Å². The van der Waals surface area contributed by atoms with E-state index in [1.54, 1.807) is 12.4 Å². The van der Waals surface area contributed by atoms with Crippen molar-refractivity contribution in [3.63, 3.8) is 0 Å². The molecule has 2 aromatic rings. The first kappa shape index (κ1) is 15.1. The van der Waals surface area contributed by atoms with Gasteiger partial charge in [0.15, 0.2) is 0 Å². The second-order valence-corrected chi connectivity index (χ2v) is 7.17. The molecule has 2 fully saturated rings. The minimum absolute atomic E-state index is 0.165. The highest BCUT2D eigenvalue weighted by molar-refractivity contribution is 5.94. The van der Waals surface area contributed by atoms with Gasteiger partial charge in [-0.15, -0.1) is 0 Å². The molecule has 1 saturated carbocycles. The molecular formula is C19H22N4O. The monoisotopic (exact) mass is 322 g/mol. The molecule has 1 aromatic carbocycles. The molecule has 1 N–H and O–H groups in total. The molecule has 0 atom stereocenters. The van der Waals surface area contributed by atoms with E-state index in [9.17, 15) is 4.79 Å². The van der Waals surface area contributed by atoms with E-state index < -0.39 is 0 Å². The van der Waals surface area contributed by atoms with Gasteiger partial charge in [-0.05, 0) is 49.8 Å². The number of aryl methyl sites for hydroxylation is 1. The Bertz CT molecular complexity index is 740. The van der Waals surface area contributed by atoms with E-state index in [1.165, 1.54) is 0 Å². The Hall–Kier alpha value is -2.43. The molecule has 2 heterocycles. The van der Waals surface area contributed by atoms with E-state index in [4.69, 9.17) is 0 Å². The van der Waals surface area contributed by atoms with Gasteiger partial charge in [0.2, 0.25) is 5.95 Å². The average Bonchev–Trinajstić information content (AvgIpc) is 3.00. The summed E-state index contributed by atoms with van der Waals surface area (Å²) in [5.74, 6) is 0.862. The molecule has 124 valence electrons. The molecule has 0 unspecified atom stereocenters. The average molecular weight is 322 g/mol. The van der Waals surface area contributed by atoms with E-state index in [0.29, 0.717) is 12.0 Å². The zero-order chi connectivity index (χ0) is 16.6. The third-order valence-corrected chi connectivity index (χ3v) is 5.25. The Morgan fingerprint density at radius 2 is 2.04 bits per heavy atom. The van der Waals surface area contributed by atoms with Gasteiger partial charge >= 0.3 is 0 Å². The SMILES string of the molecule is Cc1cccc(C(=O)N2CCC3(CC(Nc4ncccn4)C3)C2)c1. The van der Waals surface area contributed by atoms with Crippen LogP contribution in [0.4, 0.5) is 5.95 Å². The first-order valence-electron chi connectivity index (χ1n) is 8.53. The van der Waals surface area contributed by atoms with Crippen LogP contribution < -0.4 is 5.32 Å². The van der Waals surface area contributed by atoms with Crippen LogP contribution in [0.2, 0.25) is 0 Å². The minimum Gasteiger partial charge on any atom is -0.351 e. The van der Waals surface area contributed by atoms with Crippen LogP contribution in [-0.4, -0.2) is 39.9 Å². The van der Waals surface area contributed by atoms with E-state index in [-0.39, 0.29) is 11.3 Å². The molecule has 1 amide bonds. The zero-order valence-electron chi connectivity index (χ0n) is 13.9. The summed E-state index contributed by atoms with van der Waals surface area (Å²) in [4.78, 5) is 23.1. The van der Waals surface area contributed by atoms with Gasteiger partial charge < -0.3 is 10.2 Å². The van der Waals surface area contributed by atoms with Crippen molar-refractivity contribution in [3.05, 3.63) is 53.9 Å². The van der Waals surface area contributed by atoms with Crippen LogP contribution >= 0.6 is 0 Å². The summed E-state index contributed by atoms with van der Waals surface area (Å²) < 4.78 is 0. The number of carbonyl (C=O) groups excluding carboxylic acids is 1. The van der Waals surface area contributed by atoms with Gasteiger partial charge in [-0.1, -0.05) is 17.7 Å². The standard InChI is InChI=1S/C19H22N4O/c1-14-4-2-5-15(10-14)17(24)23-9-6-19(13-23)11-16(12-19)22-18-20-7-3-8-21-18/h2-5,7-8,10,16H,6,9,11-13H2,1H3,(H,20,21,22). The molecule has 1 spiro atoms. The third-order valence-electron chi connectivity index (χ3n) is 5.25. The maximum atomic E-state index is 12.7. The van der Waals surface area contributed by atoms with Gasteiger partial charge in [-0.3, -0.25) is 4.79 Å². The Balaban J connectivity index is 1.35. The van der Waals surface area contributed by atoms with Crippen molar-refractivity contribution < 1.29 is 4.79 Å². The Kier molecular flexibility index (Phi) is 3.71. The van der Waals surface area contributed by atoms with Crippen LogP contribution in [0, 0.1) is 12.3 Å². The van der Waals surface area contributed by atoms with Crippen LogP contribution in [0.1, 0.15) is 35.2 Å². The third kappa shape index (κ3) is 2.86. The summed E-state index contributed by atoms with van der Waals surface area (Å²) >= 11 is 0. The van der Waals surface area contributed by atoms with Crippen molar-refractivity contribution in [1.29, 1.82) is 0 Å². The van der Waals surface area contributed by atoms with Crippen molar-refractivity contribution in [2.24, 2.45) is 5.41 Å². The number of likely N-dealkylation sites (tertiary alicyclic amines) is 1. The van der Waals surface area contributed by atoms with Crippen molar-refractivity contribution in [1.82, 2.24) is 14.9 Å². The van der Waals surface area contributed by atoms with E-state index >= 15 is 0 Å². The van der Waals surface area contributed by atoms with Crippen LogP contribution in [0.3, 0.4) is 0 Å². The lowest BCUT2D eigenvalue weighted by molar-refractivity contribution is 0.0715. The maximum absolute atomic E-state index is 12.7. The Morgan fingerprint density at radius 1 is 1.25 bits per heavy atom. The molecule has 1 aromatic heterocycles. The van der Waals surface area contributed by atoms with Gasteiger partial charge in [-0.25, -0.2) is 9.97 Å². The molecule has 1 saturated heterocycles. The highest BCUT2D eigenvalue weighted by atomic mass is 16.2. The van der Waals surface area contributed by atoms with Gasteiger partial charge in [0, 0.05) is 37.1 Å². The molecular weight excluding hydrogens is 300 g/mol. The number of rotatable bonds is 3. The smallest absolute Gasteiger partial charge is 0.253 e. The molecule has 1 aliphatic carbocycles. The van der Waals surface area contributed by atoms with Crippen LogP contribution in [0.5, 0.6) is 0 Å². The van der Waals surface area contributed by atoms with Crippen molar-refractivity contribution in [2.45, 2.75) is 32.2 Å². The van der Waals surface area contributed by atoms with E-state index in [2.05, 4.69) is 15.3 Å². The predicted octanol–water partition coefficient (Wildman–Crippen LogP) is 2.89. The number of nitrogens with zero attached hydrogens (tertiary/aromatic N) is 3. The number of nitrogens with one attached hydrogen (secondary N) is 1. The highest BCUT2D eigenvalue weighted by Crippen LogP contribution is 2.49. The second kappa shape index (κ2) is 5.89. The summed E-state index contributed by atoms with van der Waals surface area (Å²) in [7, 11) is 0. The molecule has 4 rings (SSSR count). The van der Waals surface area contributed by atoms with E-state index in [0.717, 1.165) is 43.5 Å². The van der Waals surface area contributed by atoms with Crippen molar-refractivity contribution >= 4 is 11.9 Å². The summed E-state index contributed by atoms with van der Waals surface area (Å²) in [6.07, 6.45) is 6.77. The van der Waals surface area contributed by atoms with Crippen molar-refractivity contribution in [2.75, 3.05) is 18.4 Å². The van der Waals surface area contributed by atoms with Crippen LogP contribution in [-0.2, 0) is 0 Å². The predicted molar refractivity (Wildman–Crippen MR) is 92.8 cm³/mol. The fraction of sp³-hybridized carbons (Fsp3) is 0.421. The highest BCUT2D eigenvalue weighted by Gasteiger charge is 2.49. The fourth-order valence-corrected chi connectivity index (χ4v) is 4.05. The van der Waals surface area contributed by atoms with Crippen molar-refractivity contribution in [3.8, 4) is 0 Å². The summed E-state index contributed by atoms with van der Waals surface area (Å²) in [6.45, 7) is 3.75. The number of hydrogen-bond donors (Lipinski definition) is 1. The topological polar surface area (TPSA) is 58.1 Å². The fourth-order valence-electron chi connectivity index (χ4n) is 4.05. The quantitative estimate of drug-likeness (QED) is 0.944. The first-order chi connectivity index (χ1) is 11.6. The number of carbonyl (C=O) groups is 1. The summed E-state index contributed by atoms with van der Waals surface area (Å²) in [5, 5.41) is 3.39. The molecule has 1 aliphatic heterocycles. The summed E-state index contributed by atoms with van der Waals surface area (Å²) in [6, 6.07) is 10.1. The summed E-state index contributed by atoms with van der Waals surface area (Å²) in [5.41, 5.74) is 2.22. The molecule has 0 radical (unpaired) electrons. The maximum Gasteiger partial charge on any atom is 0.253 e. The zero-order valence-corrected chi connectivity index (χ0v) is 13.9. The molecule has 5 nitrogen and oxygen atoms in total. The second-order valence-electron chi connectivity index (χ2n) is 7.17. The van der Waals surface area contributed by atoms with Gasteiger partial charge in [0.25, 0.3) is 5.91 Å². The lowest BCUT2D eigenvalue weighted by Gasteiger charge is -2.45. The minimum atomic E-state index is 0.165. The number of anilines is 1. The van der Waals surface area contributed by atoms with Gasteiger partial charge in [0.05, 0.1) is 0 Å². The number of aromatic nitrogens is 2. The van der Waals surface area contributed by atoms with Gasteiger partial charge in [0.1, 0.15) is 0 Å². The first-order valence-corrected chi connectivity index (χ1v) is 8.53.